The summed E-state index contributed by atoms with van der Waals surface area (Å²) in [4.78, 5) is 26.9. The van der Waals surface area contributed by atoms with Crippen LogP contribution in [0.5, 0.6) is 0 Å². The zero-order chi connectivity index (χ0) is 14.7. The lowest BCUT2D eigenvalue weighted by Crippen LogP contribution is -2.21. The van der Waals surface area contributed by atoms with Crippen LogP contribution >= 0.6 is 27.3 Å². The van der Waals surface area contributed by atoms with E-state index in [4.69, 9.17) is 5.11 Å². The normalized spacial score (nSPS) is 10.1. The standard InChI is InChI=1S/C12H10BrN3O3S/c1-6-3-2-4-7(10(17)18)9(6)15-11(19)16-12-14-5-8(13)20-12/h2-5H,1H3,(H,17,18)(H2,14,15,16,19). The van der Waals surface area contributed by atoms with Gasteiger partial charge >= 0.3 is 12.0 Å². The van der Waals surface area contributed by atoms with E-state index < -0.39 is 12.0 Å². The molecule has 0 aliphatic heterocycles. The summed E-state index contributed by atoms with van der Waals surface area (Å²) in [6.07, 6.45) is 1.57. The molecule has 1 aromatic heterocycles. The number of urea groups is 1. The third-order valence-electron chi connectivity index (χ3n) is 2.44. The number of anilines is 2. The summed E-state index contributed by atoms with van der Waals surface area (Å²) >= 11 is 4.50. The summed E-state index contributed by atoms with van der Waals surface area (Å²) in [5.41, 5.74) is 0.981. The zero-order valence-electron chi connectivity index (χ0n) is 10.3. The highest BCUT2D eigenvalue weighted by Gasteiger charge is 2.15. The number of carbonyl (C=O) groups excluding carboxylic acids is 1. The van der Waals surface area contributed by atoms with E-state index in [9.17, 15) is 9.59 Å². The first-order valence-corrected chi connectivity index (χ1v) is 7.10. The van der Waals surface area contributed by atoms with Crippen molar-refractivity contribution in [1.82, 2.24) is 4.98 Å². The number of carboxylic acids is 1. The summed E-state index contributed by atoms with van der Waals surface area (Å²) < 4.78 is 0.787. The largest absolute Gasteiger partial charge is 0.478 e. The average molecular weight is 356 g/mol. The molecule has 20 heavy (non-hydrogen) atoms. The summed E-state index contributed by atoms with van der Waals surface area (Å²) in [6.45, 7) is 1.72. The topological polar surface area (TPSA) is 91.3 Å². The fraction of sp³-hybridized carbons (Fsp3) is 0.0833. The van der Waals surface area contributed by atoms with Gasteiger partial charge in [-0.2, -0.15) is 0 Å². The Morgan fingerprint density at radius 1 is 1.35 bits per heavy atom. The minimum atomic E-state index is -1.10. The summed E-state index contributed by atoms with van der Waals surface area (Å²) in [7, 11) is 0. The van der Waals surface area contributed by atoms with Gasteiger partial charge in [-0.25, -0.2) is 14.6 Å². The molecule has 0 spiro atoms. The Kier molecular flexibility index (Phi) is 4.35. The first kappa shape index (κ1) is 14.5. The van der Waals surface area contributed by atoms with Crippen molar-refractivity contribution < 1.29 is 14.7 Å². The van der Waals surface area contributed by atoms with Crippen molar-refractivity contribution in [2.24, 2.45) is 0 Å². The van der Waals surface area contributed by atoms with E-state index in [0.717, 1.165) is 3.79 Å². The van der Waals surface area contributed by atoms with Crippen LogP contribution < -0.4 is 10.6 Å². The van der Waals surface area contributed by atoms with E-state index in [2.05, 4.69) is 31.5 Å². The van der Waals surface area contributed by atoms with Gasteiger partial charge in [-0.15, -0.1) is 0 Å². The molecule has 1 heterocycles. The molecule has 0 unspecified atom stereocenters. The highest BCUT2D eigenvalue weighted by molar-refractivity contribution is 9.11. The Morgan fingerprint density at radius 2 is 2.10 bits per heavy atom. The minimum absolute atomic E-state index is 0.0421. The second kappa shape index (κ2) is 6.02. The third-order valence-corrected chi connectivity index (χ3v) is 3.83. The Bertz CT molecular complexity index is 672. The van der Waals surface area contributed by atoms with Crippen LogP contribution in [-0.2, 0) is 0 Å². The van der Waals surface area contributed by atoms with Gasteiger partial charge in [-0.3, -0.25) is 5.32 Å². The number of nitrogens with one attached hydrogen (secondary N) is 2. The number of rotatable bonds is 3. The van der Waals surface area contributed by atoms with Crippen LogP contribution in [0.4, 0.5) is 15.6 Å². The van der Waals surface area contributed by atoms with E-state index >= 15 is 0 Å². The summed E-state index contributed by atoms with van der Waals surface area (Å²) in [5.74, 6) is -1.10. The molecule has 0 saturated heterocycles. The van der Waals surface area contributed by atoms with Gasteiger partial charge in [0, 0.05) is 0 Å². The maximum Gasteiger partial charge on any atom is 0.337 e. The number of aromatic carboxylic acids is 1. The summed E-state index contributed by atoms with van der Waals surface area (Å²) in [5, 5.41) is 14.6. The van der Waals surface area contributed by atoms with Crippen molar-refractivity contribution in [3.05, 3.63) is 39.3 Å². The maximum absolute atomic E-state index is 11.9. The van der Waals surface area contributed by atoms with Crippen LogP contribution in [0.1, 0.15) is 15.9 Å². The Hall–Kier alpha value is -1.93. The van der Waals surface area contributed by atoms with Gasteiger partial charge in [0.15, 0.2) is 5.13 Å². The number of aromatic nitrogens is 1. The van der Waals surface area contributed by atoms with Gasteiger partial charge in [0.05, 0.1) is 21.2 Å². The van der Waals surface area contributed by atoms with Gasteiger partial charge in [-0.1, -0.05) is 23.5 Å². The van der Waals surface area contributed by atoms with Crippen LogP contribution in [0, 0.1) is 6.92 Å². The first-order chi connectivity index (χ1) is 9.47. The van der Waals surface area contributed by atoms with Gasteiger partial charge in [0.25, 0.3) is 0 Å². The fourth-order valence-corrected chi connectivity index (χ4v) is 2.67. The Morgan fingerprint density at radius 3 is 2.70 bits per heavy atom. The van der Waals surface area contributed by atoms with Crippen molar-refractivity contribution in [2.75, 3.05) is 10.6 Å². The van der Waals surface area contributed by atoms with Gasteiger partial charge in [-0.05, 0) is 34.5 Å². The molecule has 2 amide bonds. The number of nitrogens with zero attached hydrogens (tertiary/aromatic N) is 1. The molecule has 0 fully saturated rings. The molecule has 0 bridgehead atoms. The van der Waals surface area contributed by atoms with Crippen LogP contribution in [0.2, 0.25) is 0 Å². The van der Waals surface area contributed by atoms with Crippen LogP contribution in [0.25, 0.3) is 0 Å². The predicted molar refractivity (Wildman–Crippen MR) is 80.6 cm³/mol. The van der Waals surface area contributed by atoms with Crippen molar-refractivity contribution in [1.29, 1.82) is 0 Å². The molecule has 2 rings (SSSR count). The number of hydrogen-bond donors (Lipinski definition) is 3. The second-order valence-electron chi connectivity index (χ2n) is 3.85. The lowest BCUT2D eigenvalue weighted by Gasteiger charge is -2.11. The summed E-state index contributed by atoms with van der Waals surface area (Å²) in [6, 6.07) is 4.25. The van der Waals surface area contributed by atoms with E-state index in [0.29, 0.717) is 10.7 Å². The number of halogens is 1. The first-order valence-electron chi connectivity index (χ1n) is 5.49. The number of aryl methyl sites for hydroxylation is 1. The number of amides is 2. The van der Waals surface area contributed by atoms with Crippen molar-refractivity contribution in [2.45, 2.75) is 6.92 Å². The number of benzene rings is 1. The molecule has 0 aliphatic rings. The van der Waals surface area contributed by atoms with E-state index in [1.165, 1.54) is 17.4 Å². The number of hydrogen-bond acceptors (Lipinski definition) is 4. The molecule has 0 radical (unpaired) electrons. The Labute approximate surface area is 127 Å². The Balaban J connectivity index is 2.17. The van der Waals surface area contributed by atoms with Crippen LogP contribution in [0.15, 0.2) is 28.2 Å². The molecule has 8 heteroatoms. The van der Waals surface area contributed by atoms with Crippen molar-refractivity contribution in [3.63, 3.8) is 0 Å². The van der Waals surface area contributed by atoms with Gasteiger partial charge in [0.2, 0.25) is 0 Å². The lowest BCUT2D eigenvalue weighted by molar-refractivity contribution is 0.0698. The molecule has 0 saturated carbocycles. The van der Waals surface area contributed by atoms with E-state index in [1.807, 2.05) is 0 Å². The van der Waals surface area contributed by atoms with Gasteiger partial charge in [0.1, 0.15) is 0 Å². The average Bonchev–Trinajstić information content (AvgIpc) is 2.77. The molecule has 6 nitrogen and oxygen atoms in total. The molecule has 1 aromatic carbocycles. The quantitative estimate of drug-likeness (QED) is 0.784. The lowest BCUT2D eigenvalue weighted by atomic mass is 10.1. The predicted octanol–water partition coefficient (Wildman–Crippen LogP) is 3.56. The van der Waals surface area contributed by atoms with Crippen molar-refractivity contribution in [3.8, 4) is 0 Å². The highest BCUT2D eigenvalue weighted by Crippen LogP contribution is 2.24. The van der Waals surface area contributed by atoms with E-state index in [-0.39, 0.29) is 11.3 Å². The number of para-hydroxylation sites is 1. The molecular weight excluding hydrogens is 346 g/mol. The van der Waals surface area contributed by atoms with Crippen LogP contribution in [0.3, 0.4) is 0 Å². The minimum Gasteiger partial charge on any atom is -0.478 e. The molecule has 104 valence electrons. The molecule has 0 aliphatic carbocycles. The van der Waals surface area contributed by atoms with E-state index in [1.54, 1.807) is 25.3 Å². The highest BCUT2D eigenvalue weighted by atomic mass is 79.9. The molecular formula is C12H10BrN3O3S. The van der Waals surface area contributed by atoms with Gasteiger partial charge < -0.3 is 10.4 Å². The maximum atomic E-state index is 11.9. The molecule has 2 aromatic rings. The number of thiazole rings is 1. The second-order valence-corrected chi connectivity index (χ2v) is 6.26. The fourth-order valence-electron chi connectivity index (χ4n) is 1.57. The number of carbonyl (C=O) groups is 2. The SMILES string of the molecule is Cc1cccc(C(=O)O)c1NC(=O)Nc1ncc(Br)s1. The monoisotopic (exact) mass is 355 g/mol. The van der Waals surface area contributed by atoms with Crippen molar-refractivity contribution >= 4 is 50.1 Å². The smallest absolute Gasteiger partial charge is 0.337 e. The molecule has 3 N–H and O–H groups in total. The number of carboxylic acid groups (broad SMARTS) is 1. The third kappa shape index (κ3) is 3.34. The molecule has 0 atom stereocenters. The van der Waals surface area contributed by atoms with Crippen LogP contribution in [-0.4, -0.2) is 22.1 Å². The zero-order valence-corrected chi connectivity index (χ0v) is 12.7.